The Morgan fingerprint density at radius 2 is 1.88 bits per heavy atom. The lowest BCUT2D eigenvalue weighted by Crippen LogP contribution is -2.06. The average Bonchev–Trinajstić information content (AvgIpc) is 2.31. The van der Waals surface area contributed by atoms with Gasteiger partial charge < -0.3 is 5.32 Å². The first-order valence-corrected chi connectivity index (χ1v) is 5.53. The summed E-state index contributed by atoms with van der Waals surface area (Å²) in [5.41, 5.74) is 3.36. The molecule has 2 aromatic rings. The molecular formula is C13H13ClN2. The van der Waals surface area contributed by atoms with Crippen molar-refractivity contribution in [3.63, 3.8) is 0 Å². The highest BCUT2D eigenvalue weighted by Crippen LogP contribution is 2.21. The summed E-state index contributed by atoms with van der Waals surface area (Å²) >= 11 is 5.86. The number of halogens is 1. The van der Waals surface area contributed by atoms with Crippen LogP contribution < -0.4 is 5.32 Å². The van der Waals surface area contributed by atoms with Gasteiger partial charge in [0.2, 0.25) is 0 Å². The molecule has 0 spiro atoms. The molecule has 0 amide bonds. The van der Waals surface area contributed by atoms with Gasteiger partial charge in [-0.2, -0.15) is 0 Å². The highest BCUT2D eigenvalue weighted by molar-refractivity contribution is 6.30. The first kappa shape index (κ1) is 11.1. The third-order valence-electron chi connectivity index (χ3n) is 2.35. The van der Waals surface area contributed by atoms with Crippen molar-refractivity contribution < 1.29 is 0 Å². The van der Waals surface area contributed by atoms with Crippen LogP contribution in [0.15, 0.2) is 42.6 Å². The van der Waals surface area contributed by atoms with Gasteiger partial charge in [0.05, 0.1) is 5.69 Å². The van der Waals surface area contributed by atoms with E-state index in [9.17, 15) is 0 Å². The molecule has 0 aliphatic rings. The minimum absolute atomic E-state index is 0.758. The van der Waals surface area contributed by atoms with Crippen LogP contribution in [0, 0.1) is 0 Å². The Morgan fingerprint density at radius 3 is 2.56 bits per heavy atom. The van der Waals surface area contributed by atoms with Crippen LogP contribution in [0.4, 0.5) is 0 Å². The molecular weight excluding hydrogens is 220 g/mol. The van der Waals surface area contributed by atoms with Gasteiger partial charge in [-0.1, -0.05) is 23.7 Å². The Balaban J connectivity index is 2.32. The van der Waals surface area contributed by atoms with Gasteiger partial charge in [-0.15, -0.1) is 0 Å². The van der Waals surface area contributed by atoms with Crippen LogP contribution >= 0.6 is 11.6 Å². The number of pyridine rings is 1. The summed E-state index contributed by atoms with van der Waals surface area (Å²) in [5, 5.41) is 3.85. The van der Waals surface area contributed by atoms with E-state index in [2.05, 4.69) is 16.4 Å². The number of hydrogen-bond donors (Lipinski definition) is 1. The molecule has 0 fully saturated rings. The second-order valence-corrected chi connectivity index (χ2v) is 4.01. The minimum Gasteiger partial charge on any atom is -0.314 e. The second-order valence-electron chi connectivity index (χ2n) is 3.57. The fourth-order valence-electron chi connectivity index (χ4n) is 1.58. The van der Waals surface area contributed by atoms with Crippen molar-refractivity contribution in [3.05, 3.63) is 53.3 Å². The molecule has 2 nitrogen and oxygen atoms in total. The SMILES string of the molecule is CNCc1cc(-c2ccc(Cl)cc2)ccn1. The maximum Gasteiger partial charge on any atom is 0.0547 e. The normalized spacial score (nSPS) is 10.4. The molecule has 0 radical (unpaired) electrons. The third kappa shape index (κ3) is 2.60. The lowest BCUT2D eigenvalue weighted by molar-refractivity contribution is 0.791. The molecule has 1 aromatic heterocycles. The zero-order valence-electron chi connectivity index (χ0n) is 9.07. The van der Waals surface area contributed by atoms with Crippen LogP contribution in [-0.4, -0.2) is 12.0 Å². The number of rotatable bonds is 3. The van der Waals surface area contributed by atoms with Gasteiger partial charge in [-0.3, -0.25) is 4.98 Å². The molecule has 0 unspecified atom stereocenters. The van der Waals surface area contributed by atoms with Crippen LogP contribution in [0.1, 0.15) is 5.69 Å². The zero-order chi connectivity index (χ0) is 11.4. The summed E-state index contributed by atoms with van der Waals surface area (Å²) in [6.07, 6.45) is 1.83. The molecule has 3 heteroatoms. The summed E-state index contributed by atoms with van der Waals surface area (Å²) < 4.78 is 0. The minimum atomic E-state index is 0.758. The third-order valence-corrected chi connectivity index (χ3v) is 2.60. The summed E-state index contributed by atoms with van der Waals surface area (Å²) in [5.74, 6) is 0. The zero-order valence-corrected chi connectivity index (χ0v) is 9.83. The van der Waals surface area contributed by atoms with E-state index in [4.69, 9.17) is 11.6 Å². The second kappa shape index (κ2) is 5.10. The highest BCUT2D eigenvalue weighted by Gasteiger charge is 1.99. The van der Waals surface area contributed by atoms with Gasteiger partial charge in [0, 0.05) is 17.8 Å². The molecule has 2 rings (SSSR count). The van der Waals surface area contributed by atoms with Crippen molar-refractivity contribution in [1.82, 2.24) is 10.3 Å². The van der Waals surface area contributed by atoms with Crippen molar-refractivity contribution in [2.75, 3.05) is 7.05 Å². The molecule has 0 aliphatic carbocycles. The number of aromatic nitrogens is 1. The molecule has 0 aliphatic heterocycles. The quantitative estimate of drug-likeness (QED) is 0.880. The van der Waals surface area contributed by atoms with E-state index in [1.165, 1.54) is 0 Å². The predicted octanol–water partition coefficient (Wildman–Crippen LogP) is 3.12. The Labute approximate surface area is 100 Å². The molecule has 0 saturated heterocycles. The fraction of sp³-hybridized carbons (Fsp3) is 0.154. The van der Waals surface area contributed by atoms with E-state index in [1.807, 2.05) is 43.6 Å². The van der Waals surface area contributed by atoms with Crippen LogP contribution in [0.5, 0.6) is 0 Å². The van der Waals surface area contributed by atoms with Gasteiger partial charge >= 0.3 is 0 Å². The van der Waals surface area contributed by atoms with Gasteiger partial charge in [0.15, 0.2) is 0 Å². The fourth-order valence-corrected chi connectivity index (χ4v) is 1.70. The molecule has 0 atom stereocenters. The molecule has 0 bridgehead atoms. The number of nitrogens with zero attached hydrogens (tertiary/aromatic N) is 1. The van der Waals surface area contributed by atoms with Crippen molar-refractivity contribution in [2.45, 2.75) is 6.54 Å². The number of nitrogens with one attached hydrogen (secondary N) is 1. The van der Waals surface area contributed by atoms with Gasteiger partial charge in [0.1, 0.15) is 0 Å². The Morgan fingerprint density at radius 1 is 1.12 bits per heavy atom. The number of benzene rings is 1. The summed E-state index contributed by atoms with van der Waals surface area (Å²) in [6, 6.07) is 11.9. The number of hydrogen-bond acceptors (Lipinski definition) is 2. The Kier molecular flexibility index (Phi) is 3.54. The monoisotopic (exact) mass is 232 g/mol. The molecule has 1 aromatic carbocycles. The topological polar surface area (TPSA) is 24.9 Å². The Hall–Kier alpha value is -1.38. The summed E-state index contributed by atoms with van der Waals surface area (Å²) in [4.78, 5) is 4.28. The van der Waals surface area contributed by atoms with E-state index in [0.717, 1.165) is 28.4 Å². The predicted molar refractivity (Wildman–Crippen MR) is 67.4 cm³/mol. The lowest BCUT2D eigenvalue weighted by Gasteiger charge is -2.04. The smallest absolute Gasteiger partial charge is 0.0547 e. The van der Waals surface area contributed by atoms with Crippen molar-refractivity contribution >= 4 is 11.6 Å². The van der Waals surface area contributed by atoms with Crippen LogP contribution in [-0.2, 0) is 6.54 Å². The van der Waals surface area contributed by atoms with Crippen LogP contribution in [0.25, 0.3) is 11.1 Å². The summed E-state index contributed by atoms with van der Waals surface area (Å²) in [6.45, 7) is 0.779. The molecule has 1 heterocycles. The molecule has 0 saturated carbocycles. The Bertz CT molecular complexity index is 466. The van der Waals surface area contributed by atoms with Gasteiger partial charge in [-0.05, 0) is 42.4 Å². The van der Waals surface area contributed by atoms with Crippen LogP contribution in [0.3, 0.4) is 0 Å². The van der Waals surface area contributed by atoms with E-state index in [0.29, 0.717) is 0 Å². The maximum absolute atomic E-state index is 5.86. The highest BCUT2D eigenvalue weighted by atomic mass is 35.5. The van der Waals surface area contributed by atoms with Gasteiger partial charge in [-0.25, -0.2) is 0 Å². The molecule has 16 heavy (non-hydrogen) atoms. The molecule has 82 valence electrons. The average molecular weight is 233 g/mol. The van der Waals surface area contributed by atoms with E-state index < -0.39 is 0 Å². The molecule has 1 N–H and O–H groups in total. The summed E-state index contributed by atoms with van der Waals surface area (Å²) in [7, 11) is 1.91. The van der Waals surface area contributed by atoms with Crippen molar-refractivity contribution in [1.29, 1.82) is 0 Å². The van der Waals surface area contributed by atoms with Crippen LogP contribution in [0.2, 0.25) is 5.02 Å². The van der Waals surface area contributed by atoms with E-state index >= 15 is 0 Å². The van der Waals surface area contributed by atoms with Crippen molar-refractivity contribution in [2.24, 2.45) is 0 Å². The largest absolute Gasteiger partial charge is 0.314 e. The first-order chi connectivity index (χ1) is 7.79. The van der Waals surface area contributed by atoms with E-state index in [-0.39, 0.29) is 0 Å². The van der Waals surface area contributed by atoms with Crippen molar-refractivity contribution in [3.8, 4) is 11.1 Å². The lowest BCUT2D eigenvalue weighted by atomic mass is 10.1. The van der Waals surface area contributed by atoms with Gasteiger partial charge in [0.25, 0.3) is 0 Å². The van der Waals surface area contributed by atoms with E-state index in [1.54, 1.807) is 0 Å². The maximum atomic E-state index is 5.86. The standard InChI is InChI=1S/C13H13ClN2/c1-15-9-13-8-11(6-7-16-13)10-2-4-12(14)5-3-10/h2-8,15H,9H2,1H3. The first-order valence-electron chi connectivity index (χ1n) is 5.15.